The molecule has 1 aromatic carbocycles. The van der Waals surface area contributed by atoms with E-state index in [0.29, 0.717) is 0 Å². The largest absolute Gasteiger partial charge is 0.320 e. The predicted molar refractivity (Wildman–Crippen MR) is 105 cm³/mol. The molecule has 1 unspecified atom stereocenters. The van der Waals surface area contributed by atoms with Crippen LogP contribution in [-0.2, 0) is 7.05 Å². The second-order valence-corrected chi connectivity index (χ2v) is 7.11. The summed E-state index contributed by atoms with van der Waals surface area (Å²) in [5, 5.41) is 6.74. The van der Waals surface area contributed by atoms with Crippen molar-refractivity contribution in [3.63, 3.8) is 0 Å². The third kappa shape index (κ3) is 6.66. The summed E-state index contributed by atoms with van der Waals surface area (Å²) in [6.07, 6.45) is 9.20. The van der Waals surface area contributed by atoms with Crippen LogP contribution in [0.1, 0.15) is 24.8 Å². The molecule has 0 saturated heterocycles. The van der Waals surface area contributed by atoms with E-state index in [1.54, 1.807) is 0 Å². The fourth-order valence-electron chi connectivity index (χ4n) is 2.19. The highest BCUT2D eigenvalue weighted by atomic mass is 127. The molecular formula is C18H24IN4+. The van der Waals surface area contributed by atoms with Crippen LogP contribution in [-0.4, -0.2) is 16.8 Å². The molecular weight excluding hydrogens is 399 g/mol. The molecule has 0 aliphatic heterocycles. The Morgan fingerprint density at radius 2 is 1.87 bits per heavy atom. The van der Waals surface area contributed by atoms with Gasteiger partial charge >= 0.3 is 0 Å². The highest BCUT2D eigenvalue weighted by Crippen LogP contribution is 2.15. The molecule has 5 heteroatoms. The van der Waals surface area contributed by atoms with E-state index in [1.165, 1.54) is 0 Å². The molecule has 0 fully saturated rings. The summed E-state index contributed by atoms with van der Waals surface area (Å²) in [5.74, 6) is 0. The van der Waals surface area contributed by atoms with Crippen molar-refractivity contribution < 1.29 is 4.57 Å². The van der Waals surface area contributed by atoms with Gasteiger partial charge in [-0.15, -0.1) is 0 Å². The third-order valence-corrected chi connectivity index (χ3v) is 4.13. The van der Waals surface area contributed by atoms with Gasteiger partial charge in [-0.1, -0.05) is 40.8 Å². The second kappa shape index (κ2) is 9.62. The highest BCUT2D eigenvalue weighted by Gasteiger charge is 2.05. The molecule has 0 spiro atoms. The lowest BCUT2D eigenvalue weighted by atomic mass is 10.2. The number of halogens is 1. The van der Waals surface area contributed by atoms with Gasteiger partial charge in [-0.2, -0.15) is 5.10 Å². The van der Waals surface area contributed by atoms with Crippen molar-refractivity contribution in [3.8, 4) is 0 Å². The lowest BCUT2D eigenvalue weighted by Crippen LogP contribution is -2.26. The molecule has 0 saturated carbocycles. The van der Waals surface area contributed by atoms with Crippen molar-refractivity contribution >= 4 is 34.5 Å². The van der Waals surface area contributed by atoms with E-state index in [0.717, 1.165) is 37.1 Å². The summed E-state index contributed by atoms with van der Waals surface area (Å²) in [4.78, 5) is 0. The molecule has 1 atom stereocenters. The number of nitrogens with two attached hydrogens (primary N) is 1. The number of pyridine rings is 1. The number of nitrogens with zero attached hydrogens (tertiary/aromatic N) is 3. The fourth-order valence-corrected chi connectivity index (χ4v) is 2.63. The predicted octanol–water partition coefficient (Wildman–Crippen LogP) is 3.24. The van der Waals surface area contributed by atoms with Crippen molar-refractivity contribution in [1.29, 1.82) is 0 Å². The Bertz CT molecular complexity index is 596. The van der Waals surface area contributed by atoms with Crippen LogP contribution >= 0.6 is 22.6 Å². The average molecular weight is 423 g/mol. The first-order valence-electron chi connectivity index (χ1n) is 7.86. The molecule has 122 valence electrons. The van der Waals surface area contributed by atoms with Gasteiger partial charge in [0.15, 0.2) is 12.4 Å². The van der Waals surface area contributed by atoms with E-state index in [-0.39, 0.29) is 4.05 Å². The summed E-state index contributed by atoms with van der Waals surface area (Å²) in [6, 6.07) is 14.4. The van der Waals surface area contributed by atoms with Crippen molar-refractivity contribution in [1.82, 2.24) is 0 Å². The maximum absolute atomic E-state index is 5.81. The summed E-state index contributed by atoms with van der Waals surface area (Å²) in [6.45, 7) is 0.893. The van der Waals surface area contributed by atoms with Gasteiger partial charge in [0.2, 0.25) is 0 Å². The van der Waals surface area contributed by atoms with Crippen LogP contribution in [0, 0.1) is 0 Å². The number of alkyl halides is 1. The number of hydrogen-bond acceptors (Lipinski definition) is 3. The Morgan fingerprint density at radius 1 is 1.17 bits per heavy atom. The van der Waals surface area contributed by atoms with Gasteiger partial charge in [0.1, 0.15) is 7.05 Å². The number of hydrogen-bond donors (Lipinski definition) is 1. The number of aryl methyl sites for hydroxylation is 1. The highest BCUT2D eigenvalue weighted by molar-refractivity contribution is 14.1. The number of unbranched alkanes of at least 4 members (excludes halogenated alkanes) is 1. The lowest BCUT2D eigenvalue weighted by Gasteiger charge is -2.19. The Balaban J connectivity index is 2.02. The van der Waals surface area contributed by atoms with Crippen molar-refractivity contribution in [2.24, 2.45) is 17.9 Å². The average Bonchev–Trinajstić information content (AvgIpc) is 2.56. The summed E-state index contributed by atoms with van der Waals surface area (Å²) in [5.41, 5.74) is 8.02. The normalized spacial score (nSPS) is 12.5. The van der Waals surface area contributed by atoms with Crippen LogP contribution in [0.4, 0.5) is 5.69 Å². The van der Waals surface area contributed by atoms with E-state index >= 15 is 0 Å². The van der Waals surface area contributed by atoms with Crippen molar-refractivity contribution in [3.05, 3.63) is 60.4 Å². The monoisotopic (exact) mass is 423 g/mol. The zero-order valence-corrected chi connectivity index (χ0v) is 15.6. The zero-order chi connectivity index (χ0) is 16.5. The topological polar surface area (TPSA) is 45.5 Å². The van der Waals surface area contributed by atoms with Gasteiger partial charge in [-0.25, -0.2) is 4.57 Å². The Morgan fingerprint density at radius 3 is 2.52 bits per heavy atom. The molecule has 1 heterocycles. The SMILES string of the molecule is C[n+]1ccc(/C=N/N(CCCCC(N)I)c2ccccc2)cc1. The summed E-state index contributed by atoms with van der Waals surface area (Å²) >= 11 is 2.27. The van der Waals surface area contributed by atoms with Gasteiger partial charge in [0, 0.05) is 24.2 Å². The smallest absolute Gasteiger partial charge is 0.169 e. The first-order valence-corrected chi connectivity index (χ1v) is 9.11. The summed E-state index contributed by atoms with van der Waals surface area (Å²) < 4.78 is 2.26. The zero-order valence-electron chi connectivity index (χ0n) is 13.5. The maximum atomic E-state index is 5.81. The molecule has 1 aromatic heterocycles. The molecule has 0 radical (unpaired) electrons. The van der Waals surface area contributed by atoms with Crippen LogP contribution < -0.4 is 15.3 Å². The minimum Gasteiger partial charge on any atom is -0.320 e. The van der Waals surface area contributed by atoms with Crippen LogP contribution in [0.15, 0.2) is 60.0 Å². The van der Waals surface area contributed by atoms with Crippen molar-refractivity contribution in [2.75, 3.05) is 11.6 Å². The van der Waals surface area contributed by atoms with E-state index in [2.05, 4.69) is 57.0 Å². The number of hydrazone groups is 1. The maximum Gasteiger partial charge on any atom is 0.169 e. The quantitative estimate of drug-likeness (QED) is 0.135. The van der Waals surface area contributed by atoms with Gasteiger partial charge in [-0.05, 0) is 31.4 Å². The minimum absolute atomic E-state index is 0.242. The van der Waals surface area contributed by atoms with Gasteiger partial charge in [-0.3, -0.25) is 5.01 Å². The lowest BCUT2D eigenvalue weighted by molar-refractivity contribution is -0.671. The first kappa shape index (κ1) is 17.9. The molecule has 4 nitrogen and oxygen atoms in total. The Labute approximate surface area is 152 Å². The molecule has 23 heavy (non-hydrogen) atoms. The number of para-hydroxylation sites is 1. The molecule has 0 aliphatic rings. The summed E-state index contributed by atoms with van der Waals surface area (Å²) in [7, 11) is 2.01. The molecule has 2 N–H and O–H groups in total. The van der Waals surface area contributed by atoms with Gasteiger partial charge in [0.05, 0.1) is 16.0 Å². The molecule has 2 aromatic rings. The standard InChI is InChI=1S/C18H24IN4/c1-22-13-10-16(11-14-22)15-21-23(12-6-5-9-18(19)20)17-7-3-2-4-8-17/h2-4,7-8,10-11,13-15,18H,5-6,9,12,20H2,1H3/q+1. The van der Waals surface area contributed by atoms with Crippen LogP contribution in [0.3, 0.4) is 0 Å². The van der Waals surface area contributed by atoms with E-state index < -0.39 is 0 Å². The van der Waals surface area contributed by atoms with Crippen LogP contribution in [0.2, 0.25) is 0 Å². The molecule has 2 rings (SSSR count). The van der Waals surface area contributed by atoms with E-state index in [9.17, 15) is 0 Å². The third-order valence-electron chi connectivity index (χ3n) is 3.50. The van der Waals surface area contributed by atoms with Crippen LogP contribution in [0.25, 0.3) is 0 Å². The fraction of sp³-hybridized carbons (Fsp3) is 0.333. The number of rotatable bonds is 8. The van der Waals surface area contributed by atoms with Gasteiger partial charge in [0.25, 0.3) is 0 Å². The first-order chi connectivity index (χ1) is 11.1. The molecule has 0 aliphatic carbocycles. The number of benzene rings is 1. The van der Waals surface area contributed by atoms with Gasteiger partial charge < -0.3 is 5.73 Å². The number of anilines is 1. The Kier molecular flexibility index (Phi) is 7.48. The second-order valence-electron chi connectivity index (χ2n) is 5.51. The minimum atomic E-state index is 0.242. The van der Waals surface area contributed by atoms with E-state index in [4.69, 9.17) is 5.73 Å². The van der Waals surface area contributed by atoms with E-state index in [1.807, 2.05) is 48.4 Å². The number of aromatic nitrogens is 1. The van der Waals surface area contributed by atoms with Crippen LogP contribution in [0.5, 0.6) is 0 Å². The molecule has 0 bridgehead atoms. The molecule has 0 amide bonds. The Hall–Kier alpha value is -1.47. The van der Waals surface area contributed by atoms with Crippen molar-refractivity contribution in [2.45, 2.75) is 23.3 Å².